The molecule has 166 valence electrons. The first kappa shape index (κ1) is 20.5. The van der Waals surface area contributed by atoms with Crippen molar-refractivity contribution in [1.29, 1.82) is 0 Å². The lowest BCUT2D eigenvalue weighted by molar-refractivity contribution is -0.151. The van der Waals surface area contributed by atoms with Crippen LogP contribution < -0.4 is 5.32 Å². The number of alkyl carbamates (subject to hydrolysis) is 1. The summed E-state index contributed by atoms with van der Waals surface area (Å²) in [5.74, 6) is -1.27. The van der Waals surface area contributed by atoms with Gasteiger partial charge in [-0.25, -0.2) is 9.59 Å². The fourth-order valence-corrected chi connectivity index (χ4v) is 5.27. The van der Waals surface area contributed by atoms with E-state index >= 15 is 0 Å². The summed E-state index contributed by atoms with van der Waals surface area (Å²) >= 11 is 0. The number of carbonyl (C=O) groups excluding carboxylic acids is 2. The average Bonchev–Trinajstić information content (AvgIpc) is 3.38. The Kier molecular flexibility index (Phi) is 5.33. The van der Waals surface area contributed by atoms with Crippen molar-refractivity contribution in [2.45, 2.75) is 43.7 Å². The molecule has 32 heavy (non-hydrogen) atoms. The number of ether oxygens (including phenoxy) is 1. The summed E-state index contributed by atoms with van der Waals surface area (Å²) in [5.41, 5.74) is 4.68. The van der Waals surface area contributed by atoms with E-state index in [0.717, 1.165) is 17.5 Å². The zero-order chi connectivity index (χ0) is 22.2. The number of nitrogens with zero attached hydrogens (tertiary/aromatic N) is 1. The fraction of sp³-hybridized carbons (Fsp3) is 0.400. The highest BCUT2D eigenvalue weighted by molar-refractivity contribution is 5.86. The molecule has 0 bridgehead atoms. The number of benzene rings is 2. The Balaban J connectivity index is 1.13. The minimum Gasteiger partial charge on any atom is -0.480 e. The van der Waals surface area contributed by atoms with E-state index in [9.17, 15) is 19.5 Å². The molecule has 2 aromatic carbocycles. The summed E-state index contributed by atoms with van der Waals surface area (Å²) < 4.78 is 5.57. The van der Waals surface area contributed by atoms with Crippen LogP contribution in [0, 0.1) is 5.92 Å². The molecule has 2 N–H and O–H groups in total. The van der Waals surface area contributed by atoms with Crippen LogP contribution in [-0.2, 0) is 14.3 Å². The summed E-state index contributed by atoms with van der Waals surface area (Å²) in [4.78, 5) is 37.8. The van der Waals surface area contributed by atoms with Crippen LogP contribution >= 0.6 is 0 Å². The topological polar surface area (TPSA) is 95.9 Å². The van der Waals surface area contributed by atoms with E-state index in [1.165, 1.54) is 16.0 Å². The van der Waals surface area contributed by atoms with Gasteiger partial charge in [0.2, 0.25) is 5.91 Å². The standard InChI is InChI=1S/C25H26N2O5/c28-23(27-11-5-10-22(27)24(29)30)15-12-16(13-15)26-25(31)32-14-21-19-8-3-1-6-17(19)18-7-2-4-9-20(18)21/h1-4,6-9,15-16,21-22H,5,10-14H2,(H,26,31)(H,29,30)/t15?,16?,22-/m1/s1. The highest BCUT2D eigenvalue weighted by atomic mass is 16.5. The molecule has 7 heteroatoms. The van der Waals surface area contributed by atoms with Crippen molar-refractivity contribution in [2.24, 2.45) is 5.92 Å². The largest absolute Gasteiger partial charge is 0.480 e. The second-order valence-electron chi connectivity index (χ2n) is 8.86. The zero-order valence-corrected chi connectivity index (χ0v) is 17.7. The number of carboxylic acid groups (broad SMARTS) is 1. The first-order valence-corrected chi connectivity index (χ1v) is 11.2. The molecule has 1 saturated heterocycles. The highest BCUT2D eigenvalue weighted by Gasteiger charge is 2.42. The normalized spacial score (nSPS) is 23.8. The maximum atomic E-state index is 12.6. The van der Waals surface area contributed by atoms with Gasteiger partial charge in [-0.2, -0.15) is 0 Å². The Morgan fingerprint density at radius 1 is 1.00 bits per heavy atom. The first-order chi connectivity index (χ1) is 15.5. The number of fused-ring (bicyclic) bond motifs is 3. The first-order valence-electron chi connectivity index (χ1n) is 11.2. The van der Waals surface area contributed by atoms with Gasteiger partial charge in [0, 0.05) is 24.4 Å². The van der Waals surface area contributed by atoms with E-state index < -0.39 is 18.1 Å². The SMILES string of the molecule is O=C(NC1CC(C(=O)N2CCC[C@@H]2C(=O)O)C1)OCC1c2ccccc2-c2ccccc21. The molecule has 3 aliphatic rings. The molecule has 1 saturated carbocycles. The van der Waals surface area contributed by atoms with E-state index in [4.69, 9.17) is 4.74 Å². The molecule has 7 nitrogen and oxygen atoms in total. The van der Waals surface area contributed by atoms with Crippen molar-refractivity contribution in [2.75, 3.05) is 13.2 Å². The summed E-state index contributed by atoms with van der Waals surface area (Å²) in [5, 5.41) is 12.1. The van der Waals surface area contributed by atoms with E-state index in [0.29, 0.717) is 25.8 Å². The van der Waals surface area contributed by atoms with Crippen LogP contribution in [0.25, 0.3) is 11.1 Å². The third-order valence-electron chi connectivity index (χ3n) is 6.97. The number of hydrogen-bond acceptors (Lipinski definition) is 4. The molecule has 0 spiro atoms. The average molecular weight is 434 g/mol. The number of rotatable bonds is 5. The maximum absolute atomic E-state index is 12.6. The van der Waals surface area contributed by atoms with Crippen molar-refractivity contribution >= 4 is 18.0 Å². The molecule has 0 radical (unpaired) electrons. The van der Waals surface area contributed by atoms with Gasteiger partial charge in [-0.15, -0.1) is 0 Å². The fourth-order valence-electron chi connectivity index (χ4n) is 5.27. The number of amides is 2. The number of carbonyl (C=O) groups is 3. The van der Waals surface area contributed by atoms with Gasteiger partial charge in [0.1, 0.15) is 12.6 Å². The number of nitrogens with one attached hydrogen (secondary N) is 1. The van der Waals surface area contributed by atoms with Gasteiger partial charge >= 0.3 is 12.1 Å². The van der Waals surface area contributed by atoms with Crippen LogP contribution in [0.1, 0.15) is 42.7 Å². The van der Waals surface area contributed by atoms with Crippen LogP contribution in [0.4, 0.5) is 4.79 Å². The molecule has 0 unspecified atom stereocenters. The zero-order valence-electron chi connectivity index (χ0n) is 17.7. The monoisotopic (exact) mass is 434 g/mol. The Morgan fingerprint density at radius 2 is 1.62 bits per heavy atom. The molecular weight excluding hydrogens is 408 g/mol. The maximum Gasteiger partial charge on any atom is 0.407 e. The molecule has 2 aliphatic carbocycles. The third kappa shape index (κ3) is 3.61. The Morgan fingerprint density at radius 3 is 2.25 bits per heavy atom. The van der Waals surface area contributed by atoms with E-state index in [2.05, 4.69) is 29.6 Å². The number of aliphatic carboxylic acids is 1. The number of likely N-dealkylation sites (tertiary alicyclic amines) is 1. The molecule has 0 aromatic heterocycles. The summed E-state index contributed by atoms with van der Waals surface area (Å²) in [6.07, 6.45) is 1.79. The molecule has 1 heterocycles. The van der Waals surface area contributed by atoms with Crippen LogP contribution in [0.2, 0.25) is 0 Å². The molecule has 2 aromatic rings. The minimum atomic E-state index is -0.941. The van der Waals surface area contributed by atoms with E-state index in [1.54, 1.807) is 0 Å². The van der Waals surface area contributed by atoms with Gasteiger partial charge in [-0.3, -0.25) is 4.79 Å². The summed E-state index contributed by atoms with van der Waals surface area (Å²) in [6.45, 7) is 0.750. The van der Waals surface area contributed by atoms with Gasteiger partial charge in [0.05, 0.1) is 0 Å². The predicted octanol–water partition coefficient (Wildman–Crippen LogP) is 3.38. The predicted molar refractivity (Wildman–Crippen MR) is 117 cm³/mol. The number of hydrogen-bond donors (Lipinski definition) is 2. The lowest BCUT2D eigenvalue weighted by Crippen LogP contribution is -2.52. The quantitative estimate of drug-likeness (QED) is 0.752. The molecule has 2 amide bonds. The molecule has 1 aliphatic heterocycles. The van der Waals surface area contributed by atoms with Crippen molar-refractivity contribution in [3.8, 4) is 11.1 Å². The van der Waals surface area contributed by atoms with Gasteiger partial charge in [0.25, 0.3) is 0 Å². The third-order valence-corrected chi connectivity index (χ3v) is 6.97. The van der Waals surface area contributed by atoms with Gasteiger partial charge in [0.15, 0.2) is 0 Å². The van der Waals surface area contributed by atoms with Gasteiger partial charge < -0.3 is 20.1 Å². The molecule has 2 fully saturated rings. The number of carboxylic acids is 1. The van der Waals surface area contributed by atoms with E-state index in [1.807, 2.05) is 24.3 Å². The molecule has 5 rings (SSSR count). The second kappa shape index (κ2) is 8.30. The second-order valence-corrected chi connectivity index (χ2v) is 8.86. The van der Waals surface area contributed by atoms with Crippen molar-refractivity contribution < 1.29 is 24.2 Å². The summed E-state index contributed by atoms with van der Waals surface area (Å²) in [6, 6.07) is 15.5. The molecule has 1 atom stereocenters. The van der Waals surface area contributed by atoms with Gasteiger partial charge in [-0.1, -0.05) is 48.5 Å². The van der Waals surface area contributed by atoms with Gasteiger partial charge in [-0.05, 0) is 47.9 Å². The highest BCUT2D eigenvalue weighted by Crippen LogP contribution is 2.44. The van der Waals surface area contributed by atoms with Crippen molar-refractivity contribution in [1.82, 2.24) is 10.2 Å². The lowest BCUT2D eigenvalue weighted by atomic mass is 9.79. The van der Waals surface area contributed by atoms with Crippen molar-refractivity contribution in [3.05, 3.63) is 59.7 Å². The van der Waals surface area contributed by atoms with Crippen LogP contribution in [0.15, 0.2) is 48.5 Å². The van der Waals surface area contributed by atoms with Crippen LogP contribution in [0.5, 0.6) is 0 Å². The Labute approximate surface area is 186 Å². The minimum absolute atomic E-state index is 0.00647. The Bertz CT molecular complexity index is 1020. The van der Waals surface area contributed by atoms with Crippen molar-refractivity contribution in [3.63, 3.8) is 0 Å². The van der Waals surface area contributed by atoms with Crippen LogP contribution in [0.3, 0.4) is 0 Å². The molecular formula is C25H26N2O5. The summed E-state index contributed by atoms with van der Waals surface area (Å²) in [7, 11) is 0. The Hall–Kier alpha value is -3.35. The lowest BCUT2D eigenvalue weighted by Gasteiger charge is -2.37. The van der Waals surface area contributed by atoms with E-state index in [-0.39, 0.29) is 30.4 Å². The van der Waals surface area contributed by atoms with Crippen LogP contribution in [-0.4, -0.2) is 53.2 Å². The smallest absolute Gasteiger partial charge is 0.407 e.